The summed E-state index contributed by atoms with van der Waals surface area (Å²) < 4.78 is 1.12. The number of hydrogen-bond acceptors (Lipinski definition) is 3. The Morgan fingerprint density at radius 2 is 2.17 bits per heavy atom. The van der Waals surface area contributed by atoms with Crippen LogP contribution >= 0.6 is 27.3 Å². The van der Waals surface area contributed by atoms with Crippen molar-refractivity contribution in [1.82, 2.24) is 4.90 Å². The Bertz CT molecular complexity index is 389. The van der Waals surface area contributed by atoms with Crippen molar-refractivity contribution in [2.75, 3.05) is 13.1 Å². The van der Waals surface area contributed by atoms with Crippen LogP contribution in [-0.2, 0) is 6.42 Å². The molecule has 1 aliphatic rings. The maximum absolute atomic E-state index is 10.6. The van der Waals surface area contributed by atoms with Gasteiger partial charge < -0.3 is 5.11 Å². The highest BCUT2D eigenvalue weighted by atomic mass is 79.9. The quantitative estimate of drug-likeness (QED) is 0.889. The van der Waals surface area contributed by atoms with Gasteiger partial charge in [-0.25, -0.2) is 0 Å². The Hall–Kier alpha value is 0.1000. The topological polar surface area (TPSA) is 23.5 Å². The van der Waals surface area contributed by atoms with Crippen molar-refractivity contribution >= 4 is 27.3 Å². The Balaban J connectivity index is 2.06. The Morgan fingerprint density at radius 1 is 1.50 bits per heavy atom. The van der Waals surface area contributed by atoms with Gasteiger partial charge in [-0.3, -0.25) is 4.90 Å². The zero-order valence-electron chi connectivity index (χ0n) is 11.2. The summed E-state index contributed by atoms with van der Waals surface area (Å²) in [6.45, 7) is 6.67. The molecule has 2 unspecified atom stereocenters. The van der Waals surface area contributed by atoms with Crippen molar-refractivity contribution in [3.05, 3.63) is 20.8 Å². The summed E-state index contributed by atoms with van der Waals surface area (Å²) in [6, 6.07) is 2.12. The van der Waals surface area contributed by atoms with Crippen LogP contribution in [0.4, 0.5) is 0 Å². The zero-order valence-corrected chi connectivity index (χ0v) is 13.6. The highest BCUT2D eigenvalue weighted by Gasteiger charge is 2.38. The normalized spacial score (nSPS) is 22.0. The fourth-order valence-corrected chi connectivity index (χ4v) is 4.26. The molecule has 2 heterocycles. The lowest BCUT2D eigenvalue weighted by molar-refractivity contribution is -0.0113. The molecule has 0 saturated carbocycles. The molecule has 18 heavy (non-hydrogen) atoms. The number of nitrogens with zero attached hydrogens (tertiary/aromatic N) is 1. The second kappa shape index (κ2) is 6.04. The van der Waals surface area contributed by atoms with Gasteiger partial charge in [0.15, 0.2) is 0 Å². The summed E-state index contributed by atoms with van der Waals surface area (Å²) in [5.41, 5.74) is -0.0764. The first kappa shape index (κ1) is 14.5. The monoisotopic (exact) mass is 331 g/mol. The van der Waals surface area contributed by atoms with Crippen LogP contribution in [0.2, 0.25) is 0 Å². The molecule has 2 atom stereocenters. The zero-order chi connectivity index (χ0) is 13.2. The summed E-state index contributed by atoms with van der Waals surface area (Å²) in [7, 11) is 0. The second-order valence-corrected chi connectivity index (χ2v) is 7.27. The lowest BCUT2D eigenvalue weighted by Gasteiger charge is -2.42. The average molecular weight is 332 g/mol. The molecule has 4 heteroatoms. The summed E-state index contributed by atoms with van der Waals surface area (Å²) in [5, 5.41) is 12.7. The molecular weight excluding hydrogens is 310 g/mol. The summed E-state index contributed by atoms with van der Waals surface area (Å²) in [6.07, 6.45) is 4.02. The first-order valence-corrected chi connectivity index (χ1v) is 8.39. The predicted molar refractivity (Wildman–Crippen MR) is 81.2 cm³/mol. The van der Waals surface area contributed by atoms with Crippen LogP contribution in [0.15, 0.2) is 15.9 Å². The van der Waals surface area contributed by atoms with Crippen LogP contribution in [-0.4, -0.2) is 34.7 Å². The molecule has 1 aromatic rings. The third-order valence-corrected chi connectivity index (χ3v) is 6.00. The molecule has 0 bridgehead atoms. The first-order chi connectivity index (χ1) is 8.56. The molecule has 1 aliphatic heterocycles. The van der Waals surface area contributed by atoms with E-state index in [0.717, 1.165) is 30.4 Å². The number of hydrogen-bond donors (Lipinski definition) is 1. The Morgan fingerprint density at radius 3 is 2.67 bits per heavy atom. The lowest BCUT2D eigenvalue weighted by Crippen LogP contribution is -2.53. The van der Waals surface area contributed by atoms with Crippen molar-refractivity contribution in [3.8, 4) is 0 Å². The van der Waals surface area contributed by atoms with Crippen LogP contribution in [0.1, 0.15) is 38.0 Å². The lowest BCUT2D eigenvalue weighted by atomic mass is 9.87. The van der Waals surface area contributed by atoms with E-state index in [9.17, 15) is 5.11 Å². The van der Waals surface area contributed by atoms with Crippen LogP contribution in [0.3, 0.4) is 0 Å². The summed E-state index contributed by atoms with van der Waals surface area (Å²) in [5.74, 6) is 0. The molecule has 0 spiro atoms. The molecule has 0 radical (unpaired) electrons. The van der Waals surface area contributed by atoms with Gasteiger partial charge in [0.05, 0.1) is 6.10 Å². The molecule has 1 aromatic heterocycles. The van der Waals surface area contributed by atoms with Crippen molar-refractivity contribution in [1.29, 1.82) is 0 Å². The van der Waals surface area contributed by atoms with Gasteiger partial charge in [0.2, 0.25) is 0 Å². The average Bonchev–Trinajstić information content (AvgIpc) is 2.99. The number of rotatable bonds is 5. The summed E-state index contributed by atoms with van der Waals surface area (Å²) in [4.78, 5) is 3.73. The number of aliphatic hydroxyl groups excluding tert-OH is 1. The van der Waals surface area contributed by atoms with Crippen molar-refractivity contribution in [2.45, 2.75) is 51.2 Å². The molecule has 102 valence electrons. The minimum atomic E-state index is -0.286. The van der Waals surface area contributed by atoms with E-state index >= 15 is 0 Å². The second-order valence-electron chi connectivity index (χ2n) is 5.36. The molecule has 1 fully saturated rings. The van der Waals surface area contributed by atoms with Gasteiger partial charge in [0, 0.05) is 26.7 Å². The van der Waals surface area contributed by atoms with Crippen molar-refractivity contribution in [2.24, 2.45) is 0 Å². The van der Waals surface area contributed by atoms with E-state index in [1.807, 2.05) is 0 Å². The molecule has 2 nitrogen and oxygen atoms in total. The fourth-order valence-electron chi connectivity index (χ4n) is 2.77. The van der Waals surface area contributed by atoms with Crippen molar-refractivity contribution in [3.63, 3.8) is 0 Å². The minimum absolute atomic E-state index is 0.0764. The maximum atomic E-state index is 10.6. The smallest absolute Gasteiger partial charge is 0.0769 e. The molecule has 0 amide bonds. The first-order valence-electron chi connectivity index (χ1n) is 6.72. The van der Waals surface area contributed by atoms with Gasteiger partial charge in [-0.2, -0.15) is 0 Å². The highest BCUT2D eigenvalue weighted by molar-refractivity contribution is 9.10. The molecular formula is C14H22BrNOS. The van der Waals surface area contributed by atoms with Gasteiger partial charge >= 0.3 is 0 Å². The number of halogens is 1. The SMILES string of the molecule is CCC(C)(C(O)Cc1cc(Br)cs1)N1CCCC1. The predicted octanol–water partition coefficient (Wildman–Crippen LogP) is 3.68. The highest BCUT2D eigenvalue weighted by Crippen LogP contribution is 2.31. The largest absolute Gasteiger partial charge is 0.391 e. The van der Waals surface area contributed by atoms with E-state index in [4.69, 9.17) is 0 Å². The molecule has 0 aliphatic carbocycles. The van der Waals surface area contributed by atoms with Crippen LogP contribution in [0.5, 0.6) is 0 Å². The van der Waals surface area contributed by atoms with E-state index in [1.165, 1.54) is 17.7 Å². The van der Waals surface area contributed by atoms with Gasteiger partial charge in [0.1, 0.15) is 0 Å². The molecule has 1 N–H and O–H groups in total. The standard InChI is InChI=1S/C14H22BrNOS/c1-3-14(2,16-6-4-5-7-16)13(17)9-12-8-11(15)10-18-12/h8,10,13,17H,3-7,9H2,1-2H3. The third kappa shape index (κ3) is 2.98. The molecule has 0 aromatic carbocycles. The van der Waals surface area contributed by atoms with E-state index in [0.29, 0.717) is 0 Å². The number of thiophene rings is 1. The van der Waals surface area contributed by atoms with Gasteiger partial charge in [0.25, 0.3) is 0 Å². The van der Waals surface area contributed by atoms with E-state index in [1.54, 1.807) is 11.3 Å². The van der Waals surface area contributed by atoms with Crippen LogP contribution < -0.4 is 0 Å². The van der Waals surface area contributed by atoms with Crippen LogP contribution in [0, 0.1) is 0 Å². The van der Waals surface area contributed by atoms with Gasteiger partial charge in [-0.1, -0.05) is 6.92 Å². The van der Waals surface area contributed by atoms with Crippen LogP contribution in [0.25, 0.3) is 0 Å². The minimum Gasteiger partial charge on any atom is -0.391 e. The maximum Gasteiger partial charge on any atom is 0.0769 e. The number of aliphatic hydroxyl groups is 1. The van der Waals surface area contributed by atoms with E-state index in [-0.39, 0.29) is 11.6 Å². The van der Waals surface area contributed by atoms with Gasteiger partial charge in [-0.15, -0.1) is 11.3 Å². The van der Waals surface area contributed by atoms with E-state index in [2.05, 4.69) is 46.1 Å². The van der Waals surface area contributed by atoms with Gasteiger partial charge in [-0.05, 0) is 61.3 Å². The Kier molecular flexibility index (Phi) is 4.86. The van der Waals surface area contributed by atoms with Crippen molar-refractivity contribution < 1.29 is 5.11 Å². The molecule has 2 rings (SSSR count). The Labute approximate surface area is 122 Å². The third-order valence-electron chi connectivity index (χ3n) is 4.28. The summed E-state index contributed by atoms with van der Waals surface area (Å²) >= 11 is 5.20. The molecule has 1 saturated heterocycles. The van der Waals surface area contributed by atoms with E-state index < -0.39 is 0 Å². The fraction of sp³-hybridized carbons (Fsp3) is 0.714. The number of likely N-dealkylation sites (tertiary alicyclic amines) is 1.